The molecule has 0 aliphatic carbocycles. The van der Waals surface area contributed by atoms with Gasteiger partial charge < -0.3 is 5.32 Å². The molecule has 88 valence electrons. The van der Waals surface area contributed by atoms with Gasteiger partial charge in [-0.3, -0.25) is 4.79 Å². The number of carbonyl (C=O) groups excluding carboxylic acids is 1. The highest BCUT2D eigenvalue weighted by Crippen LogP contribution is 2.11. The number of nitrogens with one attached hydrogen (secondary N) is 1. The lowest BCUT2D eigenvalue weighted by Gasteiger charge is -2.01. The number of carbonyl (C=O) groups is 1. The van der Waals surface area contributed by atoms with E-state index in [0.717, 1.165) is 10.7 Å². The molecular formula is C10H8ClFN4O. The summed E-state index contributed by atoms with van der Waals surface area (Å²) in [5, 5.41) is 6.56. The number of amides is 1. The second-order valence-corrected chi connectivity index (χ2v) is 3.69. The van der Waals surface area contributed by atoms with Crippen LogP contribution in [0.1, 0.15) is 10.5 Å². The molecule has 1 N–H and O–H groups in total. The number of aryl methyl sites for hydroxylation is 1. The molecule has 0 atom stereocenters. The largest absolute Gasteiger partial charge is 0.319 e. The predicted molar refractivity (Wildman–Crippen MR) is 60.4 cm³/mol. The van der Waals surface area contributed by atoms with Gasteiger partial charge in [0.05, 0.1) is 11.9 Å². The maximum absolute atomic E-state index is 13.0. The number of pyridine rings is 1. The van der Waals surface area contributed by atoms with Crippen molar-refractivity contribution in [1.82, 2.24) is 14.8 Å². The Morgan fingerprint density at radius 2 is 2.29 bits per heavy atom. The van der Waals surface area contributed by atoms with Gasteiger partial charge in [-0.2, -0.15) is 9.49 Å². The topological polar surface area (TPSA) is 59.8 Å². The zero-order valence-electron chi connectivity index (χ0n) is 8.82. The molecule has 0 aliphatic rings. The lowest BCUT2D eigenvalue weighted by atomic mass is 10.3. The molecule has 5 nitrogen and oxygen atoms in total. The van der Waals surface area contributed by atoms with Crippen LogP contribution in [0.5, 0.6) is 0 Å². The van der Waals surface area contributed by atoms with Gasteiger partial charge in [-0.1, -0.05) is 11.6 Å². The number of nitrogens with zero attached hydrogens (tertiary/aromatic N) is 3. The minimum absolute atomic E-state index is 0.0000463. The molecule has 0 radical (unpaired) electrons. The molecule has 2 aromatic rings. The second-order valence-electron chi connectivity index (χ2n) is 3.30. The van der Waals surface area contributed by atoms with Crippen LogP contribution >= 0.6 is 11.6 Å². The number of hydrogen-bond acceptors (Lipinski definition) is 3. The first kappa shape index (κ1) is 11.5. The van der Waals surface area contributed by atoms with E-state index in [2.05, 4.69) is 15.4 Å². The van der Waals surface area contributed by atoms with E-state index in [1.54, 1.807) is 6.07 Å². The highest BCUT2D eigenvalue weighted by Gasteiger charge is 2.12. The average molecular weight is 255 g/mol. The molecule has 0 saturated carbocycles. The average Bonchev–Trinajstić information content (AvgIpc) is 2.63. The zero-order chi connectivity index (χ0) is 12.4. The molecule has 2 aromatic heterocycles. The van der Waals surface area contributed by atoms with Crippen molar-refractivity contribution in [2.45, 2.75) is 0 Å². The summed E-state index contributed by atoms with van der Waals surface area (Å²) >= 11 is 5.60. The molecule has 7 heteroatoms. The van der Waals surface area contributed by atoms with Gasteiger partial charge >= 0.3 is 0 Å². The monoisotopic (exact) mass is 254 g/mol. The molecule has 2 rings (SSSR count). The Morgan fingerprint density at radius 1 is 1.53 bits per heavy atom. The fourth-order valence-electron chi connectivity index (χ4n) is 1.20. The number of rotatable bonds is 2. The summed E-state index contributed by atoms with van der Waals surface area (Å²) in [5.74, 6) is -1.09. The van der Waals surface area contributed by atoms with E-state index < -0.39 is 11.9 Å². The van der Waals surface area contributed by atoms with Crippen molar-refractivity contribution in [2.24, 2.45) is 7.05 Å². The van der Waals surface area contributed by atoms with Gasteiger partial charge in [0.25, 0.3) is 5.91 Å². The van der Waals surface area contributed by atoms with E-state index in [1.807, 2.05) is 0 Å². The van der Waals surface area contributed by atoms with Crippen LogP contribution in [0.3, 0.4) is 0 Å². The van der Waals surface area contributed by atoms with E-state index in [0.29, 0.717) is 10.8 Å². The number of anilines is 1. The molecule has 0 aliphatic heterocycles. The van der Waals surface area contributed by atoms with E-state index >= 15 is 0 Å². The van der Waals surface area contributed by atoms with Crippen LogP contribution in [0.15, 0.2) is 24.4 Å². The number of halogens is 2. The molecule has 0 saturated heterocycles. The first-order valence-corrected chi connectivity index (χ1v) is 5.06. The van der Waals surface area contributed by atoms with E-state index in [-0.39, 0.29) is 5.69 Å². The lowest BCUT2D eigenvalue weighted by molar-refractivity contribution is 0.102. The van der Waals surface area contributed by atoms with Gasteiger partial charge in [-0.15, -0.1) is 0 Å². The predicted octanol–water partition coefficient (Wildman–Crippen LogP) is 1.86. The molecule has 0 unspecified atom stereocenters. The Labute approximate surface area is 101 Å². The van der Waals surface area contributed by atoms with Gasteiger partial charge in [0.2, 0.25) is 5.95 Å². The normalized spacial score (nSPS) is 10.3. The highest BCUT2D eigenvalue weighted by molar-refractivity contribution is 6.29. The van der Waals surface area contributed by atoms with Crippen molar-refractivity contribution >= 4 is 23.2 Å². The summed E-state index contributed by atoms with van der Waals surface area (Å²) in [6, 6.07) is 4.18. The quantitative estimate of drug-likeness (QED) is 0.832. The number of hydrogen-bond donors (Lipinski definition) is 1. The second kappa shape index (κ2) is 4.50. The minimum Gasteiger partial charge on any atom is -0.319 e. The van der Waals surface area contributed by atoms with Gasteiger partial charge in [0.15, 0.2) is 5.69 Å². The standard InChI is InChI=1S/C10H8ClFN4O/c1-16-9(12)4-7(15-16)10(17)14-6-2-3-8(11)13-5-6/h2-5H,1H3,(H,14,17). The SMILES string of the molecule is Cn1nc(C(=O)Nc2ccc(Cl)nc2)cc1F. The van der Waals surface area contributed by atoms with Gasteiger partial charge in [0.1, 0.15) is 5.15 Å². The van der Waals surface area contributed by atoms with Crippen molar-refractivity contribution in [3.8, 4) is 0 Å². The summed E-state index contributed by atoms with van der Waals surface area (Å²) in [7, 11) is 1.41. The van der Waals surface area contributed by atoms with Crippen LogP contribution in [-0.4, -0.2) is 20.7 Å². The Morgan fingerprint density at radius 3 is 2.82 bits per heavy atom. The van der Waals surface area contributed by atoms with Gasteiger partial charge in [-0.05, 0) is 12.1 Å². The molecule has 17 heavy (non-hydrogen) atoms. The summed E-state index contributed by atoms with van der Waals surface area (Å²) in [5.41, 5.74) is 0.463. The highest BCUT2D eigenvalue weighted by atomic mass is 35.5. The fourth-order valence-corrected chi connectivity index (χ4v) is 1.31. The molecule has 1 amide bonds. The maximum Gasteiger partial charge on any atom is 0.276 e. The van der Waals surface area contributed by atoms with Crippen molar-refractivity contribution < 1.29 is 9.18 Å². The van der Waals surface area contributed by atoms with Crippen LogP contribution in [0.4, 0.5) is 10.1 Å². The van der Waals surface area contributed by atoms with Crippen LogP contribution < -0.4 is 5.32 Å². The van der Waals surface area contributed by atoms with Crippen LogP contribution in [0.25, 0.3) is 0 Å². The molecule has 2 heterocycles. The van der Waals surface area contributed by atoms with Crippen molar-refractivity contribution in [2.75, 3.05) is 5.32 Å². The third-order valence-electron chi connectivity index (χ3n) is 2.04. The van der Waals surface area contributed by atoms with Gasteiger partial charge in [0, 0.05) is 13.1 Å². The van der Waals surface area contributed by atoms with Crippen LogP contribution in [0.2, 0.25) is 5.15 Å². The zero-order valence-corrected chi connectivity index (χ0v) is 9.57. The Balaban J connectivity index is 2.14. The summed E-state index contributed by atoms with van der Waals surface area (Å²) in [6.45, 7) is 0. The summed E-state index contributed by atoms with van der Waals surface area (Å²) < 4.78 is 14.0. The Hall–Kier alpha value is -1.95. The third kappa shape index (κ3) is 2.59. The molecular weight excluding hydrogens is 247 g/mol. The molecule has 0 aromatic carbocycles. The third-order valence-corrected chi connectivity index (χ3v) is 2.26. The van der Waals surface area contributed by atoms with Gasteiger partial charge in [-0.25, -0.2) is 9.67 Å². The van der Waals surface area contributed by atoms with E-state index in [9.17, 15) is 9.18 Å². The number of aromatic nitrogens is 3. The lowest BCUT2D eigenvalue weighted by Crippen LogP contribution is -2.13. The smallest absolute Gasteiger partial charge is 0.276 e. The Kier molecular flexibility index (Phi) is 3.06. The fraction of sp³-hybridized carbons (Fsp3) is 0.100. The van der Waals surface area contributed by atoms with Crippen LogP contribution in [-0.2, 0) is 7.05 Å². The molecule has 0 fully saturated rings. The molecule has 0 spiro atoms. The Bertz CT molecular complexity index is 532. The summed E-state index contributed by atoms with van der Waals surface area (Å²) in [6.07, 6.45) is 1.40. The van der Waals surface area contributed by atoms with Crippen molar-refractivity contribution in [3.05, 3.63) is 41.2 Å². The summed E-state index contributed by atoms with van der Waals surface area (Å²) in [4.78, 5) is 15.4. The van der Waals surface area contributed by atoms with E-state index in [1.165, 1.54) is 19.3 Å². The maximum atomic E-state index is 13.0. The first-order valence-electron chi connectivity index (χ1n) is 4.69. The molecule has 0 bridgehead atoms. The van der Waals surface area contributed by atoms with E-state index in [4.69, 9.17) is 11.6 Å². The van der Waals surface area contributed by atoms with Crippen LogP contribution in [0, 0.1) is 5.95 Å². The minimum atomic E-state index is -0.579. The van der Waals surface area contributed by atoms with Crippen molar-refractivity contribution in [1.29, 1.82) is 0 Å². The van der Waals surface area contributed by atoms with Crippen molar-refractivity contribution in [3.63, 3.8) is 0 Å². The first-order chi connectivity index (χ1) is 8.06.